The molecule has 0 bridgehead atoms. The Morgan fingerprint density at radius 1 is 0.735 bits per heavy atom. The van der Waals surface area contributed by atoms with Crippen LogP contribution in [-0.2, 0) is 6.42 Å². The summed E-state index contributed by atoms with van der Waals surface area (Å²) in [4.78, 5) is 4.88. The third-order valence-electron chi connectivity index (χ3n) is 9.12. The fourth-order valence-electron chi connectivity index (χ4n) is 6.82. The second-order valence-corrected chi connectivity index (χ2v) is 11.6. The second-order valence-electron chi connectivity index (χ2n) is 11.6. The summed E-state index contributed by atoms with van der Waals surface area (Å²) in [7, 11) is 0. The Bertz CT molecular complexity index is 717. The van der Waals surface area contributed by atoms with Gasteiger partial charge in [0.1, 0.15) is 11.8 Å². The Kier molecular flexibility index (Phi) is 12.5. The number of rotatable bonds is 14. The third kappa shape index (κ3) is 8.70. The zero-order valence-corrected chi connectivity index (χ0v) is 22.5. The van der Waals surface area contributed by atoms with E-state index in [4.69, 9.17) is 4.98 Å². The summed E-state index contributed by atoms with van der Waals surface area (Å²) in [5.41, 5.74) is 3.06. The molecule has 2 nitrogen and oxygen atoms in total. The van der Waals surface area contributed by atoms with E-state index in [2.05, 4.69) is 32.0 Å². The van der Waals surface area contributed by atoms with Crippen LogP contribution in [0.1, 0.15) is 159 Å². The first-order chi connectivity index (χ1) is 16.7. The fraction of sp³-hybridized carbons (Fsp3) is 0.812. The molecule has 1 aromatic heterocycles. The summed E-state index contributed by atoms with van der Waals surface area (Å²) < 4.78 is 0. The minimum atomic E-state index is 0.571. The molecule has 0 spiro atoms. The number of pyridine rings is 1. The molecule has 190 valence electrons. The molecule has 2 fully saturated rings. The maximum absolute atomic E-state index is 9.73. The smallest absolute Gasteiger partial charge is 0.143 e. The third-order valence-corrected chi connectivity index (χ3v) is 9.12. The molecule has 1 aromatic rings. The average Bonchev–Trinajstić information content (AvgIpc) is 2.89. The van der Waals surface area contributed by atoms with Gasteiger partial charge in [0.05, 0.1) is 0 Å². The number of nitriles is 1. The van der Waals surface area contributed by atoms with Crippen LogP contribution in [0.4, 0.5) is 0 Å². The molecule has 0 amide bonds. The predicted molar refractivity (Wildman–Crippen MR) is 145 cm³/mol. The van der Waals surface area contributed by atoms with Crippen LogP contribution in [0.25, 0.3) is 0 Å². The molecule has 0 aromatic carbocycles. The molecule has 0 aliphatic heterocycles. The van der Waals surface area contributed by atoms with Gasteiger partial charge in [-0.3, -0.25) is 0 Å². The van der Waals surface area contributed by atoms with Gasteiger partial charge in [-0.1, -0.05) is 97.0 Å². The van der Waals surface area contributed by atoms with Crippen molar-refractivity contribution < 1.29 is 0 Å². The lowest BCUT2D eigenvalue weighted by molar-refractivity contribution is 0.155. The molecule has 0 unspecified atom stereocenters. The van der Waals surface area contributed by atoms with Crippen molar-refractivity contribution in [1.82, 2.24) is 4.98 Å². The van der Waals surface area contributed by atoms with Crippen molar-refractivity contribution in [3.05, 3.63) is 29.1 Å². The van der Waals surface area contributed by atoms with Crippen molar-refractivity contribution in [1.29, 1.82) is 5.26 Å². The van der Waals surface area contributed by atoms with Gasteiger partial charge in [-0.05, 0) is 80.8 Å². The maximum Gasteiger partial charge on any atom is 0.143 e. The van der Waals surface area contributed by atoms with Gasteiger partial charge >= 0.3 is 0 Å². The van der Waals surface area contributed by atoms with E-state index in [0.29, 0.717) is 11.6 Å². The standard InChI is InChI=1S/C32H52N2/c1-3-5-7-8-9-10-12-14-29-23-24-31(34-32(29)25-33)30-21-19-28(20-22-30)27-17-15-26(16-18-27)13-11-6-4-2/h23-24,26-28,30H,3-22H2,1-2H3. The van der Waals surface area contributed by atoms with Crippen LogP contribution in [0, 0.1) is 29.1 Å². The highest BCUT2D eigenvalue weighted by molar-refractivity contribution is 5.33. The normalized spacial score (nSPS) is 25.2. The predicted octanol–water partition coefficient (Wildman–Crippen LogP) is 9.91. The molecule has 1 heterocycles. The lowest BCUT2D eigenvalue weighted by Crippen LogP contribution is -2.25. The van der Waals surface area contributed by atoms with Gasteiger partial charge in [0, 0.05) is 11.6 Å². The van der Waals surface area contributed by atoms with E-state index in [1.54, 1.807) is 0 Å². The lowest BCUT2D eigenvalue weighted by atomic mass is 9.68. The SMILES string of the molecule is CCCCCCCCCc1ccc(C2CCC(C3CCC(CCCCC)CC3)CC2)nc1C#N. The number of nitrogens with zero attached hydrogens (tertiary/aromatic N) is 2. The number of aryl methyl sites for hydroxylation is 1. The average molecular weight is 465 g/mol. The minimum absolute atomic E-state index is 0.571. The van der Waals surface area contributed by atoms with Crippen LogP contribution in [0.15, 0.2) is 12.1 Å². The van der Waals surface area contributed by atoms with Crippen LogP contribution in [0.3, 0.4) is 0 Å². The van der Waals surface area contributed by atoms with E-state index in [1.807, 2.05) is 0 Å². The Morgan fingerprint density at radius 2 is 1.32 bits per heavy atom. The van der Waals surface area contributed by atoms with E-state index in [9.17, 15) is 5.26 Å². The molecule has 2 aliphatic carbocycles. The first-order valence-electron chi connectivity index (χ1n) is 15.1. The van der Waals surface area contributed by atoms with Gasteiger partial charge in [-0.15, -0.1) is 0 Å². The summed E-state index contributed by atoms with van der Waals surface area (Å²) in [5.74, 6) is 3.52. The van der Waals surface area contributed by atoms with E-state index in [0.717, 1.165) is 24.2 Å². The molecule has 0 N–H and O–H groups in total. The fourth-order valence-corrected chi connectivity index (χ4v) is 6.82. The zero-order chi connectivity index (χ0) is 24.0. The molecule has 2 aliphatic rings. The topological polar surface area (TPSA) is 36.7 Å². The highest BCUT2D eigenvalue weighted by Crippen LogP contribution is 2.44. The first kappa shape index (κ1) is 27.2. The summed E-state index contributed by atoms with van der Waals surface area (Å²) in [6.45, 7) is 4.59. The molecular formula is C32H52N2. The van der Waals surface area contributed by atoms with Crippen molar-refractivity contribution in [2.24, 2.45) is 17.8 Å². The van der Waals surface area contributed by atoms with Crippen LogP contribution in [0.2, 0.25) is 0 Å². The summed E-state index contributed by atoms with van der Waals surface area (Å²) >= 11 is 0. The van der Waals surface area contributed by atoms with E-state index in [-0.39, 0.29) is 0 Å². The van der Waals surface area contributed by atoms with Gasteiger partial charge in [0.15, 0.2) is 0 Å². The quantitative estimate of drug-likeness (QED) is 0.257. The van der Waals surface area contributed by atoms with E-state index in [1.165, 1.54) is 133 Å². The number of unbranched alkanes of at least 4 members (excludes halogenated alkanes) is 8. The number of hydrogen-bond acceptors (Lipinski definition) is 2. The largest absolute Gasteiger partial charge is 0.242 e. The Labute approximate surface area is 211 Å². The van der Waals surface area contributed by atoms with E-state index < -0.39 is 0 Å². The maximum atomic E-state index is 9.73. The second kappa shape index (κ2) is 15.6. The van der Waals surface area contributed by atoms with Crippen molar-refractivity contribution in [2.45, 2.75) is 148 Å². The Hall–Kier alpha value is -1.36. The van der Waals surface area contributed by atoms with E-state index >= 15 is 0 Å². The van der Waals surface area contributed by atoms with Gasteiger partial charge in [-0.2, -0.15) is 5.26 Å². The highest BCUT2D eigenvalue weighted by atomic mass is 14.7. The van der Waals surface area contributed by atoms with Gasteiger partial charge in [0.2, 0.25) is 0 Å². The molecule has 2 saturated carbocycles. The van der Waals surface area contributed by atoms with Crippen LogP contribution in [-0.4, -0.2) is 4.98 Å². The van der Waals surface area contributed by atoms with Crippen molar-refractivity contribution in [3.8, 4) is 6.07 Å². The Balaban J connectivity index is 1.40. The van der Waals surface area contributed by atoms with Crippen molar-refractivity contribution >= 4 is 0 Å². The van der Waals surface area contributed by atoms with Crippen molar-refractivity contribution in [2.75, 3.05) is 0 Å². The number of aromatic nitrogens is 1. The van der Waals surface area contributed by atoms with Crippen LogP contribution >= 0.6 is 0 Å². The molecule has 0 radical (unpaired) electrons. The highest BCUT2D eigenvalue weighted by Gasteiger charge is 2.31. The van der Waals surface area contributed by atoms with Crippen LogP contribution < -0.4 is 0 Å². The Morgan fingerprint density at radius 3 is 1.97 bits per heavy atom. The molecular weight excluding hydrogens is 412 g/mol. The lowest BCUT2D eigenvalue weighted by Gasteiger charge is -2.38. The molecule has 3 rings (SSSR count). The number of hydrogen-bond donors (Lipinski definition) is 0. The van der Waals surface area contributed by atoms with Gasteiger partial charge < -0.3 is 0 Å². The summed E-state index contributed by atoms with van der Waals surface area (Å²) in [6.07, 6.45) is 27.2. The van der Waals surface area contributed by atoms with Crippen molar-refractivity contribution in [3.63, 3.8) is 0 Å². The molecule has 2 heteroatoms. The molecule has 34 heavy (non-hydrogen) atoms. The minimum Gasteiger partial charge on any atom is -0.242 e. The first-order valence-corrected chi connectivity index (χ1v) is 15.1. The molecule has 0 atom stereocenters. The summed E-state index contributed by atoms with van der Waals surface area (Å²) in [5, 5.41) is 9.73. The zero-order valence-electron chi connectivity index (χ0n) is 22.5. The monoisotopic (exact) mass is 464 g/mol. The molecule has 0 saturated heterocycles. The summed E-state index contributed by atoms with van der Waals surface area (Å²) in [6, 6.07) is 6.90. The van der Waals surface area contributed by atoms with Gasteiger partial charge in [-0.25, -0.2) is 4.98 Å². The van der Waals surface area contributed by atoms with Gasteiger partial charge in [0.25, 0.3) is 0 Å². The van der Waals surface area contributed by atoms with Crippen LogP contribution in [0.5, 0.6) is 0 Å².